The molecule has 0 spiro atoms. The third-order valence-electron chi connectivity index (χ3n) is 2.07. The highest BCUT2D eigenvalue weighted by atomic mass is 35.5. The fourth-order valence-corrected chi connectivity index (χ4v) is 1.44. The summed E-state index contributed by atoms with van der Waals surface area (Å²) >= 11 is 5.38. The Kier molecular flexibility index (Phi) is 2.79. The normalized spacial score (nSPS) is 9.93. The number of aromatic nitrogens is 1. The Morgan fingerprint density at radius 2 is 1.80 bits per heavy atom. The largest absolute Gasteiger partial charge is 0.276 e. The average Bonchev–Trinajstić information content (AvgIpc) is 2.30. The third-order valence-corrected chi connectivity index (χ3v) is 2.29. The highest BCUT2D eigenvalue weighted by molar-refractivity contribution is 6.67. The van der Waals surface area contributed by atoms with Crippen LogP contribution in [0.2, 0.25) is 0 Å². The molecule has 0 aliphatic heterocycles. The fourth-order valence-electron chi connectivity index (χ4n) is 1.34. The molecular formula is C12H8ClNO. The number of nitrogens with zero attached hydrogens (tertiary/aromatic N) is 1. The summed E-state index contributed by atoms with van der Waals surface area (Å²) in [6.45, 7) is 0. The summed E-state index contributed by atoms with van der Waals surface area (Å²) in [7, 11) is 0. The van der Waals surface area contributed by atoms with Crippen molar-refractivity contribution in [1.82, 2.24) is 4.98 Å². The second-order valence-corrected chi connectivity index (χ2v) is 3.45. The lowest BCUT2D eigenvalue weighted by Crippen LogP contribution is -1.90. The van der Waals surface area contributed by atoms with Gasteiger partial charge in [0.05, 0.1) is 5.56 Å². The zero-order valence-electron chi connectivity index (χ0n) is 7.85. The van der Waals surface area contributed by atoms with E-state index in [-0.39, 0.29) is 0 Å². The van der Waals surface area contributed by atoms with E-state index in [9.17, 15) is 4.79 Å². The molecule has 0 radical (unpaired) electrons. The third kappa shape index (κ3) is 2.22. The summed E-state index contributed by atoms with van der Waals surface area (Å²) in [5.41, 5.74) is 2.32. The maximum atomic E-state index is 11.0. The van der Waals surface area contributed by atoms with Crippen molar-refractivity contribution >= 4 is 16.8 Å². The topological polar surface area (TPSA) is 30.0 Å². The molecule has 0 amide bonds. The Bertz CT molecular complexity index is 482. The molecule has 3 heteroatoms. The van der Waals surface area contributed by atoms with E-state index in [2.05, 4.69) is 4.98 Å². The van der Waals surface area contributed by atoms with Gasteiger partial charge in [-0.25, -0.2) is 0 Å². The SMILES string of the molecule is O=C(Cl)c1cncc(-c2ccccc2)c1. The number of carbonyl (C=O) groups excluding carboxylic acids is 1. The molecule has 2 nitrogen and oxygen atoms in total. The van der Waals surface area contributed by atoms with Crippen LogP contribution in [0.5, 0.6) is 0 Å². The van der Waals surface area contributed by atoms with Crippen LogP contribution in [0, 0.1) is 0 Å². The van der Waals surface area contributed by atoms with Crippen LogP contribution in [0.3, 0.4) is 0 Å². The van der Waals surface area contributed by atoms with E-state index in [4.69, 9.17) is 11.6 Å². The fraction of sp³-hybridized carbons (Fsp3) is 0. The van der Waals surface area contributed by atoms with Crippen LogP contribution >= 0.6 is 11.6 Å². The van der Waals surface area contributed by atoms with Crippen molar-refractivity contribution in [2.24, 2.45) is 0 Å². The standard InChI is InChI=1S/C12H8ClNO/c13-12(15)11-6-10(7-14-8-11)9-4-2-1-3-5-9/h1-8H. The molecule has 15 heavy (non-hydrogen) atoms. The summed E-state index contributed by atoms with van der Waals surface area (Å²) in [6, 6.07) is 11.5. The van der Waals surface area contributed by atoms with Gasteiger partial charge < -0.3 is 0 Å². The van der Waals surface area contributed by atoms with Gasteiger partial charge in [-0.15, -0.1) is 0 Å². The first kappa shape index (κ1) is 9.87. The Hall–Kier alpha value is -1.67. The molecule has 0 N–H and O–H groups in total. The Morgan fingerprint density at radius 3 is 2.47 bits per heavy atom. The minimum absolute atomic E-state index is 0.415. The molecule has 1 aromatic carbocycles. The lowest BCUT2D eigenvalue weighted by molar-refractivity contribution is 0.108. The molecule has 0 aliphatic carbocycles. The number of hydrogen-bond acceptors (Lipinski definition) is 2. The predicted octanol–water partition coefficient (Wildman–Crippen LogP) is 3.13. The molecule has 0 atom stereocenters. The highest BCUT2D eigenvalue weighted by Gasteiger charge is 2.04. The van der Waals surface area contributed by atoms with Gasteiger partial charge in [-0.2, -0.15) is 0 Å². The number of pyridine rings is 1. The van der Waals surface area contributed by atoms with Gasteiger partial charge in [-0.3, -0.25) is 9.78 Å². The first-order valence-electron chi connectivity index (χ1n) is 4.47. The molecule has 0 bridgehead atoms. The van der Waals surface area contributed by atoms with Crippen LogP contribution in [0.25, 0.3) is 11.1 Å². The van der Waals surface area contributed by atoms with Gasteiger partial charge in [0.2, 0.25) is 0 Å². The molecule has 0 saturated heterocycles. The van der Waals surface area contributed by atoms with Crippen molar-refractivity contribution in [3.63, 3.8) is 0 Å². The van der Waals surface area contributed by atoms with Crippen molar-refractivity contribution in [1.29, 1.82) is 0 Å². The van der Waals surface area contributed by atoms with E-state index in [1.54, 1.807) is 12.3 Å². The average molecular weight is 218 g/mol. The monoisotopic (exact) mass is 217 g/mol. The highest BCUT2D eigenvalue weighted by Crippen LogP contribution is 2.19. The summed E-state index contributed by atoms with van der Waals surface area (Å²) in [5.74, 6) is 0. The zero-order valence-corrected chi connectivity index (χ0v) is 8.61. The van der Waals surface area contributed by atoms with Crippen molar-refractivity contribution in [3.8, 4) is 11.1 Å². The van der Waals surface area contributed by atoms with Crippen LogP contribution in [0.4, 0.5) is 0 Å². The molecule has 0 fully saturated rings. The molecule has 0 unspecified atom stereocenters. The lowest BCUT2D eigenvalue weighted by Gasteiger charge is -2.01. The van der Waals surface area contributed by atoms with E-state index in [1.165, 1.54) is 6.20 Å². The van der Waals surface area contributed by atoms with E-state index < -0.39 is 5.24 Å². The van der Waals surface area contributed by atoms with Crippen LogP contribution in [-0.4, -0.2) is 10.2 Å². The van der Waals surface area contributed by atoms with Gasteiger partial charge in [-0.05, 0) is 23.2 Å². The molecule has 0 aliphatic rings. The number of benzene rings is 1. The van der Waals surface area contributed by atoms with Gasteiger partial charge in [0.1, 0.15) is 0 Å². The van der Waals surface area contributed by atoms with Gasteiger partial charge in [0, 0.05) is 18.0 Å². The minimum atomic E-state index is -0.486. The minimum Gasteiger partial charge on any atom is -0.276 e. The van der Waals surface area contributed by atoms with Gasteiger partial charge in [-0.1, -0.05) is 30.3 Å². The number of rotatable bonds is 2. The van der Waals surface area contributed by atoms with Crippen molar-refractivity contribution in [3.05, 3.63) is 54.4 Å². The Balaban J connectivity index is 2.46. The van der Waals surface area contributed by atoms with Crippen molar-refractivity contribution in [2.75, 3.05) is 0 Å². The first-order chi connectivity index (χ1) is 7.27. The second kappa shape index (κ2) is 4.24. The summed E-state index contributed by atoms with van der Waals surface area (Å²) in [5, 5.41) is -0.486. The first-order valence-corrected chi connectivity index (χ1v) is 4.85. The number of carbonyl (C=O) groups is 1. The van der Waals surface area contributed by atoms with Crippen LogP contribution < -0.4 is 0 Å². The van der Waals surface area contributed by atoms with E-state index in [1.807, 2.05) is 30.3 Å². The summed E-state index contributed by atoms with van der Waals surface area (Å²) in [4.78, 5) is 14.9. The Labute approximate surface area is 92.5 Å². The quantitative estimate of drug-likeness (QED) is 0.724. The van der Waals surface area contributed by atoms with Crippen molar-refractivity contribution < 1.29 is 4.79 Å². The summed E-state index contributed by atoms with van der Waals surface area (Å²) in [6.07, 6.45) is 3.17. The van der Waals surface area contributed by atoms with E-state index in [0.29, 0.717) is 5.56 Å². The second-order valence-electron chi connectivity index (χ2n) is 3.10. The Morgan fingerprint density at radius 1 is 1.07 bits per heavy atom. The maximum absolute atomic E-state index is 11.0. The molecule has 1 aromatic heterocycles. The molecule has 2 rings (SSSR count). The zero-order chi connectivity index (χ0) is 10.7. The van der Waals surface area contributed by atoms with E-state index >= 15 is 0 Å². The molecule has 0 saturated carbocycles. The summed E-state index contributed by atoms with van der Waals surface area (Å²) < 4.78 is 0. The van der Waals surface area contributed by atoms with Gasteiger partial charge in [0.25, 0.3) is 5.24 Å². The predicted molar refractivity (Wildman–Crippen MR) is 59.9 cm³/mol. The van der Waals surface area contributed by atoms with Gasteiger partial charge in [0.15, 0.2) is 0 Å². The van der Waals surface area contributed by atoms with Crippen LogP contribution in [-0.2, 0) is 0 Å². The molecule has 74 valence electrons. The lowest BCUT2D eigenvalue weighted by atomic mass is 10.1. The number of halogens is 1. The van der Waals surface area contributed by atoms with E-state index in [0.717, 1.165) is 11.1 Å². The molecule has 1 heterocycles. The van der Waals surface area contributed by atoms with Crippen molar-refractivity contribution in [2.45, 2.75) is 0 Å². The van der Waals surface area contributed by atoms with Crippen LogP contribution in [0.1, 0.15) is 10.4 Å². The molecular weight excluding hydrogens is 210 g/mol. The van der Waals surface area contributed by atoms with Crippen LogP contribution in [0.15, 0.2) is 48.8 Å². The number of hydrogen-bond donors (Lipinski definition) is 0. The van der Waals surface area contributed by atoms with Gasteiger partial charge >= 0.3 is 0 Å². The molecule has 2 aromatic rings. The smallest absolute Gasteiger partial charge is 0.253 e. The maximum Gasteiger partial charge on any atom is 0.253 e.